The van der Waals surface area contributed by atoms with Gasteiger partial charge in [0.2, 0.25) is 11.4 Å². The van der Waals surface area contributed by atoms with E-state index in [-0.39, 0.29) is 22.7 Å². The Hall–Kier alpha value is -6.45. The molecule has 1 aromatic heterocycles. The van der Waals surface area contributed by atoms with Gasteiger partial charge in [0.05, 0.1) is 42.8 Å². The highest BCUT2D eigenvalue weighted by atomic mass is 35.5. The molecule has 0 radical (unpaired) electrons. The maximum Gasteiger partial charge on any atom is 0.375 e. The van der Waals surface area contributed by atoms with Crippen LogP contribution in [0.3, 0.4) is 0 Å². The minimum atomic E-state index is -0.288. The van der Waals surface area contributed by atoms with E-state index < -0.39 is 0 Å². The number of nitrogens with zero attached hydrogens (tertiary/aromatic N) is 3. The van der Waals surface area contributed by atoms with Gasteiger partial charge in [0.25, 0.3) is 5.52 Å². The van der Waals surface area contributed by atoms with E-state index in [1.165, 1.54) is 0 Å². The van der Waals surface area contributed by atoms with Crippen molar-refractivity contribution in [2.24, 2.45) is 0 Å². The Bertz CT molecular complexity index is 2490. The molecule has 0 bridgehead atoms. The van der Waals surface area contributed by atoms with Gasteiger partial charge in [0, 0.05) is 41.9 Å². The lowest BCUT2D eigenvalue weighted by atomic mass is 9.87. The van der Waals surface area contributed by atoms with E-state index in [0.29, 0.717) is 48.5 Å². The highest BCUT2D eigenvalue weighted by Gasteiger charge is 2.38. The molecule has 1 aliphatic carbocycles. The van der Waals surface area contributed by atoms with Gasteiger partial charge in [-0.2, -0.15) is 4.57 Å². The number of oxazole rings is 1. The fourth-order valence-electron chi connectivity index (χ4n) is 6.96. The molecule has 0 amide bonds. The third-order valence-corrected chi connectivity index (χ3v) is 10.1. The van der Waals surface area contributed by atoms with Crippen LogP contribution in [0.5, 0.6) is 17.2 Å². The molecule has 0 fully saturated rings. The molecule has 0 unspecified atom stereocenters. The highest BCUT2D eigenvalue weighted by molar-refractivity contribution is 6.30. The monoisotopic (exact) mass is 752 g/mol. The van der Waals surface area contributed by atoms with Crippen LogP contribution in [0, 0.1) is 0 Å². The Morgan fingerprint density at radius 3 is 2.18 bits per heavy atom. The molecule has 1 aliphatic heterocycles. The molecular formula is C45H39ClN3O6+. The van der Waals surface area contributed by atoms with Crippen LogP contribution in [-0.2, 0) is 24.5 Å². The van der Waals surface area contributed by atoms with Crippen molar-refractivity contribution in [2.75, 3.05) is 30.6 Å². The van der Waals surface area contributed by atoms with E-state index in [2.05, 4.69) is 16.7 Å². The third-order valence-electron chi connectivity index (χ3n) is 9.88. The first-order valence-electron chi connectivity index (χ1n) is 18.0. The van der Waals surface area contributed by atoms with Crippen LogP contribution < -0.4 is 28.6 Å². The van der Waals surface area contributed by atoms with Gasteiger partial charge in [-0.15, -0.1) is 0 Å². The van der Waals surface area contributed by atoms with Crippen LogP contribution in [0.2, 0.25) is 5.02 Å². The van der Waals surface area contributed by atoms with Crippen molar-refractivity contribution in [3.63, 3.8) is 0 Å². The zero-order valence-corrected chi connectivity index (χ0v) is 31.4. The zero-order valence-electron chi connectivity index (χ0n) is 30.7. The summed E-state index contributed by atoms with van der Waals surface area (Å²) in [7, 11) is 3.24. The molecule has 0 spiro atoms. The molecule has 5 aromatic carbocycles. The minimum Gasteiger partial charge on any atom is -0.506 e. The lowest BCUT2D eigenvalue weighted by molar-refractivity contribution is -0.669. The standard InChI is InChI=1S/C45H38ClN3O6/c1-4-47-40-22-35(54-28-31-8-6-5-7-9-31)19-20-38(40)48(26-30-12-16-33(52-2)17-13-30)42(47)24-36-44(50)37(45(36)51)25-43-49(27-29-10-14-32(46)15-11-29)39-21-18-34(53-3)23-41(39)55-43/h5-25H,4,26-28H2,1-3H3/p+1. The van der Waals surface area contributed by atoms with Crippen molar-refractivity contribution in [2.45, 2.75) is 26.6 Å². The molecule has 1 N–H and O–H groups in total. The number of ether oxygens (including phenoxy) is 3. The van der Waals surface area contributed by atoms with Gasteiger partial charge < -0.3 is 33.5 Å². The predicted octanol–water partition coefficient (Wildman–Crippen LogP) is 9.18. The van der Waals surface area contributed by atoms with E-state index in [4.69, 9.17) is 30.2 Å². The van der Waals surface area contributed by atoms with Gasteiger partial charge in [-0.05, 0) is 66.6 Å². The first-order valence-corrected chi connectivity index (χ1v) is 18.4. The predicted molar refractivity (Wildman–Crippen MR) is 214 cm³/mol. The fourth-order valence-corrected chi connectivity index (χ4v) is 7.08. The van der Waals surface area contributed by atoms with Crippen LogP contribution in [0.4, 0.5) is 11.4 Å². The van der Waals surface area contributed by atoms with Crippen LogP contribution in [0.15, 0.2) is 148 Å². The summed E-state index contributed by atoms with van der Waals surface area (Å²) in [6.07, 6.45) is 3.38. The first-order chi connectivity index (χ1) is 26.8. The summed E-state index contributed by atoms with van der Waals surface area (Å²) in [5.74, 6) is 2.92. The SMILES string of the molecule is CCN1/C(=C/C2=C(O)C(=C\c3oc4cc(OC)ccc4[n+]3Cc3ccc(Cl)cc3)/C2=O)N(Cc2ccc(OC)cc2)c2ccc(OCc3ccccc3)cc21. The van der Waals surface area contributed by atoms with E-state index >= 15 is 0 Å². The summed E-state index contributed by atoms with van der Waals surface area (Å²) in [5.41, 5.74) is 6.79. The van der Waals surface area contributed by atoms with Gasteiger partial charge in [-0.25, -0.2) is 0 Å². The number of aliphatic hydroxyl groups is 1. The van der Waals surface area contributed by atoms with Crippen LogP contribution in [-0.4, -0.2) is 31.7 Å². The second-order valence-corrected chi connectivity index (χ2v) is 13.7. The summed E-state index contributed by atoms with van der Waals surface area (Å²) in [5, 5.41) is 12.2. The third kappa shape index (κ3) is 7.02. The second-order valence-electron chi connectivity index (χ2n) is 13.2. The second kappa shape index (κ2) is 15.1. The first kappa shape index (κ1) is 35.6. The zero-order chi connectivity index (χ0) is 38.1. The quantitative estimate of drug-likeness (QED) is 0.0979. The molecule has 10 heteroatoms. The van der Waals surface area contributed by atoms with Crippen LogP contribution >= 0.6 is 11.6 Å². The molecule has 2 aliphatic rings. The number of hydrogen-bond acceptors (Lipinski definition) is 8. The average Bonchev–Trinajstić information content (AvgIpc) is 3.71. The molecule has 0 saturated heterocycles. The number of allylic oxidation sites excluding steroid dienone is 3. The number of aromatic nitrogens is 1. The van der Waals surface area contributed by atoms with E-state index in [9.17, 15) is 9.90 Å². The van der Waals surface area contributed by atoms with Crippen LogP contribution in [0.1, 0.15) is 29.5 Å². The Kier molecular flexibility index (Phi) is 9.78. The molecule has 0 atom stereocenters. The molecule has 276 valence electrons. The van der Waals surface area contributed by atoms with Crippen molar-refractivity contribution in [3.8, 4) is 17.2 Å². The summed E-state index contributed by atoms with van der Waals surface area (Å²) in [6, 6.07) is 37.1. The number of carbonyl (C=O) groups is 1. The summed E-state index contributed by atoms with van der Waals surface area (Å²) >= 11 is 6.16. The largest absolute Gasteiger partial charge is 0.506 e. The average molecular weight is 753 g/mol. The molecule has 9 nitrogen and oxygen atoms in total. The van der Waals surface area contributed by atoms with Crippen molar-refractivity contribution < 1.29 is 33.1 Å². The van der Waals surface area contributed by atoms with Gasteiger partial charge in [-0.3, -0.25) is 4.79 Å². The molecule has 6 aromatic rings. The molecule has 0 saturated carbocycles. The number of halogens is 1. The number of Topliss-reactive ketones (excluding diaryl/α,β-unsaturated/α-hetero) is 1. The number of ketones is 1. The van der Waals surface area contributed by atoms with Gasteiger partial charge in [0.1, 0.15) is 35.4 Å². The number of anilines is 2. The minimum absolute atomic E-state index is 0.100. The Labute approximate surface area is 324 Å². The molecule has 2 heterocycles. The summed E-state index contributed by atoms with van der Waals surface area (Å²) in [4.78, 5) is 18.3. The highest BCUT2D eigenvalue weighted by Crippen LogP contribution is 2.46. The molecule has 55 heavy (non-hydrogen) atoms. The van der Waals surface area contributed by atoms with Gasteiger partial charge >= 0.3 is 5.89 Å². The smallest absolute Gasteiger partial charge is 0.375 e. The topological polar surface area (TPSA) is 88.5 Å². The number of aliphatic hydroxyl groups excluding tert-OH is 1. The summed E-state index contributed by atoms with van der Waals surface area (Å²) < 4.78 is 25.3. The van der Waals surface area contributed by atoms with Crippen LogP contribution in [0.25, 0.3) is 17.2 Å². The fraction of sp³-hybridized carbons (Fsp3) is 0.156. The van der Waals surface area contributed by atoms with Crippen molar-refractivity contribution in [1.29, 1.82) is 0 Å². The van der Waals surface area contributed by atoms with E-state index in [1.807, 2.05) is 114 Å². The number of benzene rings is 5. The van der Waals surface area contributed by atoms with Gasteiger partial charge in [-0.1, -0.05) is 66.2 Å². The number of rotatable bonds is 12. The van der Waals surface area contributed by atoms with Gasteiger partial charge in [0.15, 0.2) is 6.54 Å². The van der Waals surface area contributed by atoms with E-state index in [1.54, 1.807) is 32.4 Å². The Balaban J connectivity index is 1.16. The lowest BCUT2D eigenvalue weighted by Gasteiger charge is -2.27. The molecule has 8 rings (SSSR count). The number of methoxy groups -OCH3 is 2. The maximum atomic E-state index is 14.0. The lowest BCUT2D eigenvalue weighted by Crippen LogP contribution is -2.36. The Morgan fingerprint density at radius 2 is 1.47 bits per heavy atom. The van der Waals surface area contributed by atoms with Crippen molar-refractivity contribution in [1.82, 2.24) is 0 Å². The number of carbonyl (C=O) groups excluding carboxylic acids is 1. The van der Waals surface area contributed by atoms with Crippen molar-refractivity contribution >= 4 is 45.9 Å². The number of fused-ring (bicyclic) bond motifs is 2. The van der Waals surface area contributed by atoms with Crippen molar-refractivity contribution in [3.05, 3.63) is 172 Å². The number of hydrogen-bond donors (Lipinski definition) is 1. The normalized spacial score (nSPS) is 15.2. The maximum absolute atomic E-state index is 14.0. The molecular weight excluding hydrogens is 714 g/mol. The Morgan fingerprint density at radius 1 is 0.764 bits per heavy atom. The van der Waals surface area contributed by atoms with E-state index in [0.717, 1.165) is 50.9 Å². The summed E-state index contributed by atoms with van der Waals surface area (Å²) in [6.45, 7) is 4.07.